The molecular formula is C15H24N4O. The van der Waals surface area contributed by atoms with E-state index in [2.05, 4.69) is 29.1 Å². The third-order valence-electron chi connectivity index (χ3n) is 3.56. The lowest BCUT2D eigenvalue weighted by molar-refractivity contribution is 0.0718. The molecule has 0 bridgehead atoms. The van der Waals surface area contributed by atoms with Crippen LogP contribution in [-0.2, 0) is 0 Å². The van der Waals surface area contributed by atoms with Gasteiger partial charge in [-0.1, -0.05) is 13.8 Å². The van der Waals surface area contributed by atoms with Gasteiger partial charge in [0.1, 0.15) is 17.8 Å². The molecule has 1 aromatic heterocycles. The first-order valence-corrected chi connectivity index (χ1v) is 7.52. The first-order chi connectivity index (χ1) is 9.66. The Morgan fingerprint density at radius 1 is 1.30 bits per heavy atom. The summed E-state index contributed by atoms with van der Waals surface area (Å²) in [5.41, 5.74) is 0.494. The quantitative estimate of drug-likeness (QED) is 0.898. The van der Waals surface area contributed by atoms with Crippen LogP contribution in [0.1, 0.15) is 50.0 Å². The molecule has 2 heterocycles. The summed E-state index contributed by atoms with van der Waals surface area (Å²) < 4.78 is 0. The third kappa shape index (κ3) is 4.18. The Balaban J connectivity index is 1.95. The van der Waals surface area contributed by atoms with E-state index in [-0.39, 0.29) is 5.91 Å². The summed E-state index contributed by atoms with van der Waals surface area (Å²) in [6.07, 6.45) is 5.95. The number of hydrogen-bond donors (Lipinski definition) is 1. The number of amides is 1. The number of anilines is 1. The molecule has 1 saturated heterocycles. The van der Waals surface area contributed by atoms with Crippen LogP contribution in [0.5, 0.6) is 0 Å². The molecule has 1 amide bonds. The van der Waals surface area contributed by atoms with Crippen molar-refractivity contribution in [2.75, 3.05) is 25.0 Å². The summed E-state index contributed by atoms with van der Waals surface area (Å²) in [6, 6.07) is 1.76. The fourth-order valence-electron chi connectivity index (χ4n) is 2.32. The first kappa shape index (κ1) is 14.8. The van der Waals surface area contributed by atoms with Gasteiger partial charge in [0.15, 0.2) is 0 Å². The molecule has 0 atom stereocenters. The van der Waals surface area contributed by atoms with Crippen molar-refractivity contribution in [2.24, 2.45) is 5.92 Å². The van der Waals surface area contributed by atoms with Crippen molar-refractivity contribution in [1.82, 2.24) is 14.9 Å². The standard InChI is InChI=1S/C15H24N4O/c1-12(2)6-7-16-14-10-13(17-11-18-14)15(20)19-8-4-3-5-9-19/h10-12H,3-9H2,1-2H3,(H,16,17,18). The molecule has 0 unspecified atom stereocenters. The van der Waals surface area contributed by atoms with Gasteiger partial charge >= 0.3 is 0 Å². The normalized spacial score (nSPS) is 15.4. The SMILES string of the molecule is CC(C)CCNc1cc(C(=O)N2CCCCC2)ncn1. The number of aromatic nitrogens is 2. The average molecular weight is 276 g/mol. The van der Waals surface area contributed by atoms with E-state index in [1.165, 1.54) is 12.7 Å². The maximum atomic E-state index is 12.3. The highest BCUT2D eigenvalue weighted by Crippen LogP contribution is 2.13. The Bertz CT molecular complexity index is 441. The number of carbonyl (C=O) groups is 1. The minimum Gasteiger partial charge on any atom is -0.370 e. The highest BCUT2D eigenvalue weighted by atomic mass is 16.2. The van der Waals surface area contributed by atoms with Gasteiger partial charge < -0.3 is 10.2 Å². The van der Waals surface area contributed by atoms with Crippen molar-refractivity contribution >= 4 is 11.7 Å². The van der Waals surface area contributed by atoms with Gasteiger partial charge in [-0.05, 0) is 31.6 Å². The van der Waals surface area contributed by atoms with Crippen LogP contribution in [0.3, 0.4) is 0 Å². The fourth-order valence-corrected chi connectivity index (χ4v) is 2.32. The molecule has 1 aliphatic heterocycles. The Labute approximate surface area is 120 Å². The second kappa shape index (κ2) is 7.22. The molecule has 5 nitrogen and oxygen atoms in total. The molecule has 1 N–H and O–H groups in total. The largest absolute Gasteiger partial charge is 0.370 e. The molecule has 0 radical (unpaired) electrons. The van der Waals surface area contributed by atoms with E-state index < -0.39 is 0 Å². The van der Waals surface area contributed by atoms with Crippen LogP contribution >= 0.6 is 0 Å². The van der Waals surface area contributed by atoms with Crippen LogP contribution < -0.4 is 5.32 Å². The lowest BCUT2D eigenvalue weighted by Crippen LogP contribution is -2.36. The second-order valence-electron chi connectivity index (χ2n) is 5.75. The summed E-state index contributed by atoms with van der Waals surface area (Å²) >= 11 is 0. The zero-order chi connectivity index (χ0) is 14.4. The van der Waals surface area contributed by atoms with Crippen LogP contribution in [0.2, 0.25) is 0 Å². The zero-order valence-electron chi connectivity index (χ0n) is 12.4. The fraction of sp³-hybridized carbons (Fsp3) is 0.667. The maximum Gasteiger partial charge on any atom is 0.272 e. The van der Waals surface area contributed by atoms with Gasteiger partial charge in [0.25, 0.3) is 5.91 Å². The van der Waals surface area contributed by atoms with Crippen molar-refractivity contribution in [1.29, 1.82) is 0 Å². The summed E-state index contributed by atoms with van der Waals surface area (Å²) in [6.45, 7) is 6.93. The van der Waals surface area contributed by atoms with Gasteiger partial charge in [-0.3, -0.25) is 4.79 Å². The minimum absolute atomic E-state index is 0.0269. The Morgan fingerprint density at radius 2 is 2.05 bits per heavy atom. The molecule has 0 saturated carbocycles. The zero-order valence-corrected chi connectivity index (χ0v) is 12.4. The Morgan fingerprint density at radius 3 is 2.75 bits per heavy atom. The topological polar surface area (TPSA) is 58.1 Å². The van der Waals surface area contributed by atoms with Crippen molar-refractivity contribution < 1.29 is 4.79 Å². The van der Waals surface area contributed by atoms with E-state index in [0.29, 0.717) is 11.6 Å². The van der Waals surface area contributed by atoms with Crippen LogP contribution in [-0.4, -0.2) is 40.4 Å². The molecule has 1 fully saturated rings. The highest BCUT2D eigenvalue weighted by molar-refractivity contribution is 5.92. The summed E-state index contributed by atoms with van der Waals surface area (Å²) in [4.78, 5) is 22.5. The monoisotopic (exact) mass is 276 g/mol. The third-order valence-corrected chi connectivity index (χ3v) is 3.56. The second-order valence-corrected chi connectivity index (χ2v) is 5.75. The number of nitrogens with zero attached hydrogens (tertiary/aromatic N) is 3. The smallest absolute Gasteiger partial charge is 0.272 e. The van der Waals surface area contributed by atoms with E-state index in [1.54, 1.807) is 6.07 Å². The Kier molecular flexibility index (Phi) is 5.32. The summed E-state index contributed by atoms with van der Waals surface area (Å²) in [5.74, 6) is 1.42. The number of hydrogen-bond acceptors (Lipinski definition) is 4. The van der Waals surface area contributed by atoms with E-state index in [1.807, 2.05) is 4.90 Å². The molecule has 1 aromatic rings. The van der Waals surface area contributed by atoms with Crippen LogP contribution in [0.4, 0.5) is 5.82 Å². The molecule has 0 aliphatic carbocycles. The van der Waals surface area contributed by atoms with Crippen molar-refractivity contribution in [3.63, 3.8) is 0 Å². The minimum atomic E-state index is 0.0269. The van der Waals surface area contributed by atoms with Crippen molar-refractivity contribution in [2.45, 2.75) is 39.5 Å². The number of rotatable bonds is 5. The van der Waals surface area contributed by atoms with Crippen LogP contribution in [0.25, 0.3) is 0 Å². The van der Waals surface area contributed by atoms with Gasteiger partial charge in [-0.2, -0.15) is 0 Å². The molecule has 5 heteroatoms. The van der Waals surface area contributed by atoms with Gasteiger partial charge in [-0.25, -0.2) is 9.97 Å². The highest BCUT2D eigenvalue weighted by Gasteiger charge is 2.19. The van der Waals surface area contributed by atoms with E-state index >= 15 is 0 Å². The lowest BCUT2D eigenvalue weighted by Gasteiger charge is -2.26. The summed E-state index contributed by atoms with van der Waals surface area (Å²) in [7, 11) is 0. The molecule has 0 aromatic carbocycles. The predicted octanol–water partition coefficient (Wildman–Crippen LogP) is 2.56. The van der Waals surface area contributed by atoms with Gasteiger partial charge in [0.2, 0.25) is 0 Å². The van der Waals surface area contributed by atoms with Gasteiger partial charge in [0.05, 0.1) is 0 Å². The molecule has 2 rings (SSSR count). The number of nitrogens with one attached hydrogen (secondary N) is 1. The molecule has 0 spiro atoms. The van der Waals surface area contributed by atoms with Crippen molar-refractivity contribution in [3.05, 3.63) is 18.1 Å². The van der Waals surface area contributed by atoms with Crippen LogP contribution in [0.15, 0.2) is 12.4 Å². The number of carbonyl (C=O) groups excluding carboxylic acids is 1. The van der Waals surface area contributed by atoms with E-state index in [9.17, 15) is 4.79 Å². The first-order valence-electron chi connectivity index (χ1n) is 7.52. The van der Waals surface area contributed by atoms with E-state index in [0.717, 1.165) is 44.7 Å². The number of likely N-dealkylation sites (tertiary alicyclic amines) is 1. The van der Waals surface area contributed by atoms with Crippen LogP contribution in [0, 0.1) is 5.92 Å². The molecule has 1 aliphatic rings. The lowest BCUT2D eigenvalue weighted by atomic mass is 10.1. The molecule has 20 heavy (non-hydrogen) atoms. The Hall–Kier alpha value is -1.65. The molecular weight excluding hydrogens is 252 g/mol. The number of piperidine rings is 1. The summed E-state index contributed by atoms with van der Waals surface area (Å²) in [5, 5.41) is 3.25. The average Bonchev–Trinajstić information content (AvgIpc) is 2.47. The predicted molar refractivity (Wildman–Crippen MR) is 79.7 cm³/mol. The maximum absolute atomic E-state index is 12.3. The van der Waals surface area contributed by atoms with Crippen molar-refractivity contribution in [3.8, 4) is 0 Å². The van der Waals surface area contributed by atoms with E-state index in [4.69, 9.17) is 0 Å². The van der Waals surface area contributed by atoms with Gasteiger partial charge in [0, 0.05) is 25.7 Å². The van der Waals surface area contributed by atoms with Gasteiger partial charge in [-0.15, -0.1) is 0 Å². The molecule has 110 valence electrons.